The topological polar surface area (TPSA) is 82.6 Å². The van der Waals surface area contributed by atoms with Crippen LogP contribution in [-0.4, -0.2) is 35.2 Å². The van der Waals surface area contributed by atoms with Gasteiger partial charge in [-0.2, -0.15) is 18.2 Å². The molecule has 19 heavy (non-hydrogen) atoms. The van der Waals surface area contributed by atoms with Crippen LogP contribution >= 0.6 is 0 Å². The second-order valence-electron chi connectivity index (χ2n) is 3.79. The van der Waals surface area contributed by atoms with E-state index in [4.69, 9.17) is 15.2 Å². The van der Waals surface area contributed by atoms with Crippen LogP contribution in [0.4, 0.5) is 13.2 Å². The third-order valence-electron chi connectivity index (χ3n) is 2.34. The quantitative estimate of drug-likeness (QED) is 0.886. The van der Waals surface area contributed by atoms with Crippen molar-refractivity contribution in [2.24, 2.45) is 10.7 Å². The molecular formula is C10H11F3N4O2. The van der Waals surface area contributed by atoms with Crippen molar-refractivity contribution in [3.63, 3.8) is 0 Å². The van der Waals surface area contributed by atoms with Crippen LogP contribution in [0.3, 0.4) is 0 Å². The smallest absolute Gasteiger partial charge is 0.433 e. The fourth-order valence-electron chi connectivity index (χ4n) is 1.44. The van der Waals surface area contributed by atoms with Gasteiger partial charge in [0.1, 0.15) is 6.61 Å². The zero-order valence-corrected chi connectivity index (χ0v) is 9.72. The summed E-state index contributed by atoms with van der Waals surface area (Å²) in [7, 11) is 0. The maximum atomic E-state index is 12.4. The van der Waals surface area contributed by atoms with Gasteiger partial charge in [0, 0.05) is 12.6 Å². The molecule has 0 amide bonds. The van der Waals surface area contributed by atoms with Crippen molar-refractivity contribution in [3.8, 4) is 6.01 Å². The molecule has 2 N–H and O–H groups in total. The molecule has 1 aromatic rings. The molecule has 0 bridgehead atoms. The van der Waals surface area contributed by atoms with E-state index in [1.807, 2.05) is 0 Å². The molecule has 1 aliphatic rings. The van der Waals surface area contributed by atoms with E-state index in [2.05, 4.69) is 15.0 Å². The first-order chi connectivity index (χ1) is 8.95. The molecule has 1 atom stereocenters. The van der Waals surface area contributed by atoms with E-state index in [0.717, 1.165) is 12.3 Å². The van der Waals surface area contributed by atoms with Crippen molar-refractivity contribution >= 4 is 6.02 Å². The minimum atomic E-state index is -4.51. The van der Waals surface area contributed by atoms with E-state index in [-0.39, 0.29) is 24.7 Å². The standard InChI is InChI=1S/C10H11F3N4O2/c11-10(12,13)7-1-3-15-9(17-7)18-4-2-6-5-19-8(14)16-6/h1,3,6H,2,4-5H2,(H2,14,16). The van der Waals surface area contributed by atoms with Crippen molar-refractivity contribution in [1.82, 2.24) is 9.97 Å². The third-order valence-corrected chi connectivity index (χ3v) is 2.34. The molecule has 104 valence electrons. The lowest BCUT2D eigenvalue weighted by atomic mass is 10.2. The van der Waals surface area contributed by atoms with Gasteiger partial charge in [-0.1, -0.05) is 0 Å². The van der Waals surface area contributed by atoms with Crippen LogP contribution in [-0.2, 0) is 10.9 Å². The van der Waals surface area contributed by atoms with Crippen LogP contribution in [0.25, 0.3) is 0 Å². The van der Waals surface area contributed by atoms with E-state index < -0.39 is 11.9 Å². The minimum Gasteiger partial charge on any atom is -0.463 e. The lowest BCUT2D eigenvalue weighted by Crippen LogP contribution is -2.14. The average molecular weight is 276 g/mol. The number of nitrogens with zero attached hydrogens (tertiary/aromatic N) is 3. The maximum absolute atomic E-state index is 12.4. The zero-order chi connectivity index (χ0) is 13.9. The number of alkyl halides is 3. The Kier molecular flexibility index (Phi) is 3.72. The van der Waals surface area contributed by atoms with Crippen LogP contribution in [0.1, 0.15) is 12.1 Å². The lowest BCUT2D eigenvalue weighted by molar-refractivity contribution is -0.141. The van der Waals surface area contributed by atoms with Gasteiger partial charge in [0.15, 0.2) is 5.69 Å². The molecule has 1 aliphatic heterocycles. The molecular weight excluding hydrogens is 265 g/mol. The van der Waals surface area contributed by atoms with Crippen LogP contribution in [0.15, 0.2) is 17.3 Å². The molecule has 2 heterocycles. The first-order valence-electron chi connectivity index (χ1n) is 5.44. The van der Waals surface area contributed by atoms with Crippen LogP contribution in [0.5, 0.6) is 6.01 Å². The summed E-state index contributed by atoms with van der Waals surface area (Å²) in [5.74, 6) is 0. The molecule has 6 nitrogen and oxygen atoms in total. The zero-order valence-electron chi connectivity index (χ0n) is 9.72. The summed E-state index contributed by atoms with van der Waals surface area (Å²) in [5.41, 5.74) is 4.27. The van der Waals surface area contributed by atoms with E-state index in [1.165, 1.54) is 0 Å². The summed E-state index contributed by atoms with van der Waals surface area (Å²) < 4.78 is 47.1. The van der Waals surface area contributed by atoms with E-state index in [0.29, 0.717) is 13.0 Å². The fraction of sp³-hybridized carbons (Fsp3) is 0.500. The molecule has 0 radical (unpaired) electrons. The van der Waals surface area contributed by atoms with Gasteiger partial charge in [-0.25, -0.2) is 9.98 Å². The van der Waals surface area contributed by atoms with Crippen LogP contribution in [0.2, 0.25) is 0 Å². The SMILES string of the molecule is NC1=NC(CCOc2nccc(C(F)(F)F)n2)CO1. The summed E-state index contributed by atoms with van der Waals surface area (Å²) in [6.45, 7) is 0.477. The number of hydrogen-bond acceptors (Lipinski definition) is 6. The molecule has 1 aromatic heterocycles. The highest BCUT2D eigenvalue weighted by Crippen LogP contribution is 2.27. The van der Waals surface area contributed by atoms with E-state index >= 15 is 0 Å². The van der Waals surface area contributed by atoms with Gasteiger partial charge >= 0.3 is 12.2 Å². The van der Waals surface area contributed by atoms with Crippen molar-refractivity contribution < 1.29 is 22.6 Å². The second kappa shape index (κ2) is 5.29. The van der Waals surface area contributed by atoms with Gasteiger partial charge in [-0.05, 0) is 6.07 Å². The molecule has 0 saturated heterocycles. The Balaban J connectivity index is 1.86. The monoisotopic (exact) mass is 276 g/mol. The Bertz CT molecular complexity index is 478. The molecule has 9 heteroatoms. The number of ether oxygens (including phenoxy) is 2. The Morgan fingerprint density at radius 2 is 2.26 bits per heavy atom. The number of amidine groups is 1. The van der Waals surface area contributed by atoms with Gasteiger partial charge in [-0.3, -0.25) is 0 Å². The van der Waals surface area contributed by atoms with Crippen molar-refractivity contribution in [2.75, 3.05) is 13.2 Å². The largest absolute Gasteiger partial charge is 0.463 e. The first-order valence-corrected chi connectivity index (χ1v) is 5.44. The van der Waals surface area contributed by atoms with Gasteiger partial charge in [0.05, 0.1) is 12.6 Å². The summed E-state index contributed by atoms with van der Waals surface area (Å²) in [6, 6.07) is 0.430. The Morgan fingerprint density at radius 3 is 2.89 bits per heavy atom. The fourth-order valence-corrected chi connectivity index (χ4v) is 1.44. The Hall–Kier alpha value is -2.06. The summed E-state index contributed by atoms with van der Waals surface area (Å²) in [6.07, 6.45) is -3.06. The van der Waals surface area contributed by atoms with Gasteiger partial charge in [0.25, 0.3) is 6.02 Å². The molecule has 0 aliphatic carbocycles. The highest BCUT2D eigenvalue weighted by molar-refractivity contribution is 5.72. The number of nitrogens with two attached hydrogens (primary N) is 1. The van der Waals surface area contributed by atoms with E-state index in [1.54, 1.807) is 0 Å². The Morgan fingerprint density at radius 1 is 1.47 bits per heavy atom. The highest BCUT2D eigenvalue weighted by Gasteiger charge is 2.33. The highest BCUT2D eigenvalue weighted by atomic mass is 19.4. The van der Waals surface area contributed by atoms with Crippen LogP contribution in [0, 0.1) is 0 Å². The van der Waals surface area contributed by atoms with Crippen LogP contribution < -0.4 is 10.5 Å². The third kappa shape index (κ3) is 3.70. The Labute approximate surface area is 106 Å². The lowest BCUT2D eigenvalue weighted by Gasteiger charge is -2.08. The van der Waals surface area contributed by atoms with Crippen molar-refractivity contribution in [1.29, 1.82) is 0 Å². The number of hydrogen-bond donors (Lipinski definition) is 1. The number of rotatable bonds is 4. The molecule has 0 spiro atoms. The van der Waals surface area contributed by atoms with E-state index in [9.17, 15) is 13.2 Å². The van der Waals surface area contributed by atoms with Crippen molar-refractivity contribution in [3.05, 3.63) is 18.0 Å². The number of aliphatic imine (C=N–C) groups is 1. The molecule has 1 unspecified atom stereocenters. The van der Waals surface area contributed by atoms with Crippen molar-refractivity contribution in [2.45, 2.75) is 18.6 Å². The molecule has 0 saturated carbocycles. The average Bonchev–Trinajstić information content (AvgIpc) is 2.74. The molecule has 0 fully saturated rings. The number of aromatic nitrogens is 2. The number of halogens is 3. The maximum Gasteiger partial charge on any atom is 0.433 e. The molecule has 2 rings (SSSR count). The van der Waals surface area contributed by atoms with Gasteiger partial charge in [0.2, 0.25) is 0 Å². The second-order valence-corrected chi connectivity index (χ2v) is 3.79. The normalized spacial score (nSPS) is 18.9. The predicted molar refractivity (Wildman–Crippen MR) is 58.5 cm³/mol. The summed E-state index contributed by atoms with van der Waals surface area (Å²) in [5, 5.41) is 0. The molecule has 0 aromatic carbocycles. The first kappa shape index (κ1) is 13.4. The minimum absolute atomic E-state index is 0.111. The summed E-state index contributed by atoms with van der Waals surface area (Å²) >= 11 is 0. The predicted octanol–water partition coefficient (Wildman–Crippen LogP) is 0.978. The summed E-state index contributed by atoms with van der Waals surface area (Å²) in [4.78, 5) is 10.8. The van der Waals surface area contributed by atoms with Gasteiger partial charge < -0.3 is 15.2 Å². The van der Waals surface area contributed by atoms with Gasteiger partial charge in [-0.15, -0.1) is 0 Å².